The number of hydrogen-bond donors (Lipinski definition) is 1. The maximum atomic E-state index is 8.54. The summed E-state index contributed by atoms with van der Waals surface area (Å²) in [6.45, 7) is 2.35. The minimum Gasteiger partial charge on any atom is -0.491 e. The molecule has 1 N–H and O–H groups in total. The maximum Gasteiger partial charge on any atom is 0.119 e. The quantitative estimate of drug-likeness (QED) is 0.780. The minimum absolute atomic E-state index is 0.0776. The highest BCUT2D eigenvalue weighted by atomic mass is 16.5. The van der Waals surface area contributed by atoms with Gasteiger partial charge in [0.25, 0.3) is 0 Å². The normalized spacial score (nSPS) is 11.4. The second kappa shape index (κ2) is 6.89. The van der Waals surface area contributed by atoms with E-state index in [1.54, 1.807) is 7.11 Å². The first kappa shape index (κ1) is 12.6. The molecule has 1 rings (SSSR count). The van der Waals surface area contributed by atoms with E-state index in [1.807, 2.05) is 31.2 Å². The van der Waals surface area contributed by atoms with Crippen molar-refractivity contribution < 1.29 is 14.6 Å². The Labute approximate surface area is 96.0 Å². The van der Waals surface area contributed by atoms with Gasteiger partial charge in [-0.15, -0.1) is 0 Å². The second-order valence-corrected chi connectivity index (χ2v) is 3.34. The smallest absolute Gasteiger partial charge is 0.119 e. The van der Waals surface area contributed by atoms with E-state index in [0.717, 1.165) is 11.3 Å². The van der Waals surface area contributed by atoms with E-state index in [9.17, 15) is 0 Å². The molecule has 0 spiro atoms. The van der Waals surface area contributed by atoms with Crippen molar-refractivity contribution in [1.29, 1.82) is 0 Å². The standard InChI is InChI=1S/C13H16O3/c1-11(15-2)10-16-13-7-5-12(6-8-13)4-3-9-14/h5-8,11,14H,9-10H2,1-2H3. The van der Waals surface area contributed by atoms with Gasteiger partial charge in [-0.2, -0.15) is 0 Å². The molecule has 1 unspecified atom stereocenters. The zero-order valence-electron chi connectivity index (χ0n) is 9.56. The molecule has 0 saturated heterocycles. The first-order chi connectivity index (χ1) is 7.76. The zero-order chi connectivity index (χ0) is 11.8. The van der Waals surface area contributed by atoms with Gasteiger partial charge in [0, 0.05) is 12.7 Å². The number of benzene rings is 1. The largest absolute Gasteiger partial charge is 0.491 e. The Bertz CT molecular complexity index is 359. The first-order valence-corrected chi connectivity index (χ1v) is 5.11. The molecule has 86 valence electrons. The third-order valence-corrected chi connectivity index (χ3v) is 2.05. The van der Waals surface area contributed by atoms with Crippen molar-refractivity contribution in [3.63, 3.8) is 0 Å². The molecule has 0 bridgehead atoms. The SMILES string of the molecule is COC(C)COc1ccc(C#CCO)cc1. The lowest BCUT2D eigenvalue weighted by molar-refractivity contribution is 0.0717. The van der Waals surface area contributed by atoms with Crippen molar-refractivity contribution >= 4 is 0 Å². The lowest BCUT2D eigenvalue weighted by atomic mass is 10.2. The van der Waals surface area contributed by atoms with Crippen molar-refractivity contribution in [2.45, 2.75) is 13.0 Å². The molecular weight excluding hydrogens is 204 g/mol. The highest BCUT2D eigenvalue weighted by Crippen LogP contribution is 2.12. The van der Waals surface area contributed by atoms with Crippen LogP contribution in [0.3, 0.4) is 0 Å². The van der Waals surface area contributed by atoms with E-state index < -0.39 is 0 Å². The molecule has 3 heteroatoms. The average Bonchev–Trinajstić information content (AvgIpc) is 2.34. The van der Waals surface area contributed by atoms with E-state index in [2.05, 4.69) is 11.8 Å². The molecule has 0 fully saturated rings. The van der Waals surface area contributed by atoms with Crippen LogP contribution in [0.5, 0.6) is 5.75 Å². The Balaban J connectivity index is 2.51. The van der Waals surface area contributed by atoms with E-state index in [1.165, 1.54) is 0 Å². The lowest BCUT2D eigenvalue weighted by Crippen LogP contribution is -2.15. The molecule has 1 atom stereocenters. The summed E-state index contributed by atoms with van der Waals surface area (Å²) in [5.74, 6) is 6.20. The molecule has 0 aliphatic rings. The predicted octanol–water partition coefficient (Wildman–Crippen LogP) is 1.44. The van der Waals surface area contributed by atoms with Crippen molar-refractivity contribution in [3.8, 4) is 17.6 Å². The first-order valence-electron chi connectivity index (χ1n) is 5.11. The van der Waals surface area contributed by atoms with Crippen molar-refractivity contribution in [2.24, 2.45) is 0 Å². The van der Waals surface area contributed by atoms with Crippen molar-refractivity contribution in [2.75, 3.05) is 20.3 Å². The van der Waals surface area contributed by atoms with Gasteiger partial charge in [0.05, 0.1) is 6.10 Å². The molecule has 0 aliphatic heterocycles. The van der Waals surface area contributed by atoms with E-state index in [4.69, 9.17) is 14.6 Å². The molecule has 3 nitrogen and oxygen atoms in total. The fourth-order valence-electron chi connectivity index (χ4n) is 1.06. The third kappa shape index (κ3) is 4.35. The summed E-state index contributed by atoms with van der Waals surface area (Å²) in [7, 11) is 1.65. The van der Waals surface area contributed by atoms with Crippen LogP contribution in [0.25, 0.3) is 0 Å². The molecule has 1 aromatic carbocycles. The molecule has 0 saturated carbocycles. The Hall–Kier alpha value is -1.50. The molecule has 0 amide bonds. The summed E-state index contributed by atoms with van der Waals surface area (Å²) in [6, 6.07) is 7.42. The Kier molecular flexibility index (Phi) is 5.41. The van der Waals surface area contributed by atoms with Gasteiger partial charge < -0.3 is 14.6 Å². The van der Waals surface area contributed by atoms with Gasteiger partial charge in [-0.25, -0.2) is 0 Å². The number of ether oxygens (including phenoxy) is 2. The van der Waals surface area contributed by atoms with Crippen LogP contribution in [0.2, 0.25) is 0 Å². The molecule has 0 radical (unpaired) electrons. The van der Waals surface area contributed by atoms with Gasteiger partial charge in [0.15, 0.2) is 0 Å². The van der Waals surface area contributed by atoms with Crippen LogP contribution in [-0.4, -0.2) is 31.5 Å². The second-order valence-electron chi connectivity index (χ2n) is 3.34. The minimum atomic E-state index is -0.121. The Morgan fingerprint density at radius 2 is 2.00 bits per heavy atom. The van der Waals surface area contributed by atoms with Crippen molar-refractivity contribution in [1.82, 2.24) is 0 Å². The van der Waals surface area contributed by atoms with Gasteiger partial charge in [0.2, 0.25) is 0 Å². The molecule has 0 aliphatic carbocycles. The molecule has 1 aromatic rings. The summed E-state index contributed by atoms with van der Waals surface area (Å²) >= 11 is 0. The summed E-state index contributed by atoms with van der Waals surface area (Å²) in [5.41, 5.74) is 0.862. The average molecular weight is 220 g/mol. The van der Waals surface area contributed by atoms with E-state index in [0.29, 0.717) is 6.61 Å². The number of aliphatic hydroxyl groups excluding tert-OH is 1. The maximum absolute atomic E-state index is 8.54. The van der Waals surface area contributed by atoms with Gasteiger partial charge in [-0.3, -0.25) is 0 Å². The predicted molar refractivity (Wildman–Crippen MR) is 62.4 cm³/mol. The summed E-state index contributed by atoms with van der Waals surface area (Å²) in [6.07, 6.45) is 0.0776. The van der Waals surface area contributed by atoms with Crippen LogP contribution < -0.4 is 4.74 Å². The number of aliphatic hydroxyl groups is 1. The van der Waals surface area contributed by atoms with E-state index in [-0.39, 0.29) is 12.7 Å². The fraction of sp³-hybridized carbons (Fsp3) is 0.385. The molecular formula is C13H16O3. The summed E-state index contributed by atoms with van der Waals surface area (Å²) < 4.78 is 10.6. The van der Waals surface area contributed by atoms with Gasteiger partial charge in [0.1, 0.15) is 19.0 Å². The van der Waals surface area contributed by atoms with Crippen molar-refractivity contribution in [3.05, 3.63) is 29.8 Å². The fourth-order valence-corrected chi connectivity index (χ4v) is 1.06. The van der Waals surface area contributed by atoms with Gasteiger partial charge >= 0.3 is 0 Å². The molecule has 0 heterocycles. The highest BCUT2D eigenvalue weighted by Gasteiger charge is 2.00. The third-order valence-electron chi connectivity index (χ3n) is 2.05. The molecule has 16 heavy (non-hydrogen) atoms. The van der Waals surface area contributed by atoms with Crippen LogP contribution in [0.1, 0.15) is 12.5 Å². The Morgan fingerprint density at radius 3 is 2.56 bits per heavy atom. The van der Waals surface area contributed by atoms with Crippen LogP contribution >= 0.6 is 0 Å². The van der Waals surface area contributed by atoms with Crippen LogP contribution in [0, 0.1) is 11.8 Å². The highest BCUT2D eigenvalue weighted by molar-refractivity contribution is 5.38. The number of hydrogen-bond acceptors (Lipinski definition) is 3. The number of rotatable bonds is 4. The summed E-state index contributed by atoms with van der Waals surface area (Å²) in [4.78, 5) is 0. The lowest BCUT2D eigenvalue weighted by Gasteiger charge is -2.11. The van der Waals surface area contributed by atoms with Gasteiger partial charge in [-0.05, 0) is 31.2 Å². The Morgan fingerprint density at radius 1 is 1.31 bits per heavy atom. The monoisotopic (exact) mass is 220 g/mol. The zero-order valence-corrected chi connectivity index (χ0v) is 9.56. The van der Waals surface area contributed by atoms with Crippen LogP contribution in [0.4, 0.5) is 0 Å². The van der Waals surface area contributed by atoms with Gasteiger partial charge in [-0.1, -0.05) is 11.8 Å². The van der Waals surface area contributed by atoms with E-state index >= 15 is 0 Å². The number of methoxy groups -OCH3 is 1. The van der Waals surface area contributed by atoms with Crippen LogP contribution in [-0.2, 0) is 4.74 Å². The van der Waals surface area contributed by atoms with Crippen LogP contribution in [0.15, 0.2) is 24.3 Å². The topological polar surface area (TPSA) is 38.7 Å². The summed E-state index contributed by atoms with van der Waals surface area (Å²) in [5, 5.41) is 8.54. The molecule has 0 aromatic heterocycles.